The highest BCUT2D eigenvalue weighted by Gasteiger charge is 2.06. The van der Waals surface area contributed by atoms with Crippen molar-refractivity contribution in [2.24, 2.45) is 9.98 Å². The molecule has 0 atom stereocenters. The SMILES string of the molecule is C(=Nc1ccc2c(c1)sc1cc(N=Cc3cccs3)ccc12)c1cccs1. The van der Waals surface area contributed by atoms with E-state index in [1.807, 2.05) is 24.6 Å². The van der Waals surface area contributed by atoms with Crippen LogP contribution in [0, 0.1) is 0 Å². The van der Waals surface area contributed by atoms with E-state index in [1.165, 1.54) is 29.9 Å². The van der Waals surface area contributed by atoms with Gasteiger partial charge in [0, 0.05) is 42.4 Å². The Bertz CT molecular complexity index is 1160. The molecule has 0 aliphatic rings. The van der Waals surface area contributed by atoms with Crippen molar-refractivity contribution in [1.82, 2.24) is 0 Å². The number of thiophene rings is 3. The zero-order valence-electron chi connectivity index (χ0n) is 14.2. The minimum atomic E-state index is 0.985. The van der Waals surface area contributed by atoms with Crippen molar-refractivity contribution in [3.63, 3.8) is 0 Å². The Balaban J connectivity index is 1.49. The van der Waals surface area contributed by atoms with Crippen LogP contribution < -0.4 is 0 Å². The van der Waals surface area contributed by atoms with E-state index in [-0.39, 0.29) is 0 Å². The molecular formula is C22H14N2S3. The van der Waals surface area contributed by atoms with E-state index in [9.17, 15) is 0 Å². The molecule has 0 bridgehead atoms. The molecule has 3 heterocycles. The summed E-state index contributed by atoms with van der Waals surface area (Å²) in [7, 11) is 0. The van der Waals surface area contributed by atoms with E-state index in [0.29, 0.717) is 0 Å². The number of fused-ring (bicyclic) bond motifs is 3. The lowest BCUT2D eigenvalue weighted by Gasteiger charge is -1.96. The first-order valence-corrected chi connectivity index (χ1v) is 11.0. The molecule has 0 fully saturated rings. The van der Waals surface area contributed by atoms with Gasteiger partial charge in [0.05, 0.1) is 11.4 Å². The molecule has 5 rings (SSSR count). The number of nitrogens with zero attached hydrogens (tertiary/aromatic N) is 2. The quantitative estimate of drug-likeness (QED) is 0.275. The third kappa shape index (κ3) is 3.49. The van der Waals surface area contributed by atoms with Crippen LogP contribution in [0.5, 0.6) is 0 Å². The maximum atomic E-state index is 4.61. The summed E-state index contributed by atoms with van der Waals surface area (Å²) in [6.45, 7) is 0. The molecule has 2 nitrogen and oxygen atoms in total. The van der Waals surface area contributed by atoms with Gasteiger partial charge < -0.3 is 0 Å². The molecule has 0 amide bonds. The van der Waals surface area contributed by atoms with E-state index < -0.39 is 0 Å². The Morgan fingerprint density at radius 1 is 0.630 bits per heavy atom. The fourth-order valence-corrected chi connectivity index (χ4v) is 5.26. The average molecular weight is 403 g/mol. The Morgan fingerprint density at radius 2 is 1.15 bits per heavy atom. The van der Waals surface area contributed by atoms with Crippen LogP contribution in [-0.4, -0.2) is 12.4 Å². The van der Waals surface area contributed by atoms with Crippen molar-refractivity contribution in [2.45, 2.75) is 0 Å². The lowest BCUT2D eigenvalue weighted by atomic mass is 10.1. The van der Waals surface area contributed by atoms with Gasteiger partial charge in [0.15, 0.2) is 0 Å². The first-order valence-electron chi connectivity index (χ1n) is 8.47. The van der Waals surface area contributed by atoms with Gasteiger partial charge in [-0.1, -0.05) is 24.3 Å². The van der Waals surface area contributed by atoms with Crippen molar-refractivity contribution < 1.29 is 0 Å². The normalized spacial score (nSPS) is 12.1. The molecule has 2 aromatic carbocycles. The van der Waals surface area contributed by atoms with Crippen molar-refractivity contribution in [3.05, 3.63) is 81.2 Å². The van der Waals surface area contributed by atoms with Gasteiger partial charge in [-0.2, -0.15) is 0 Å². The maximum Gasteiger partial charge on any atom is 0.0644 e. The van der Waals surface area contributed by atoms with Gasteiger partial charge in [-0.05, 0) is 47.2 Å². The van der Waals surface area contributed by atoms with Gasteiger partial charge in [0.1, 0.15) is 0 Å². The highest BCUT2D eigenvalue weighted by atomic mass is 32.1. The van der Waals surface area contributed by atoms with Crippen molar-refractivity contribution >= 4 is 78.0 Å². The molecule has 5 aromatic rings. The van der Waals surface area contributed by atoms with E-state index in [0.717, 1.165) is 11.4 Å². The molecule has 0 aliphatic heterocycles. The van der Waals surface area contributed by atoms with Gasteiger partial charge >= 0.3 is 0 Å². The monoisotopic (exact) mass is 402 g/mol. The smallest absolute Gasteiger partial charge is 0.0644 e. The van der Waals surface area contributed by atoms with E-state index in [4.69, 9.17) is 0 Å². The summed E-state index contributed by atoms with van der Waals surface area (Å²) in [5, 5.41) is 6.68. The highest BCUT2D eigenvalue weighted by molar-refractivity contribution is 7.25. The van der Waals surface area contributed by atoms with E-state index in [1.54, 1.807) is 34.0 Å². The Morgan fingerprint density at radius 3 is 1.59 bits per heavy atom. The van der Waals surface area contributed by atoms with Gasteiger partial charge in [0.25, 0.3) is 0 Å². The third-order valence-electron chi connectivity index (χ3n) is 4.21. The first-order chi connectivity index (χ1) is 13.3. The minimum absolute atomic E-state index is 0.985. The lowest BCUT2D eigenvalue weighted by molar-refractivity contribution is 1.57. The lowest BCUT2D eigenvalue weighted by Crippen LogP contribution is -1.73. The molecular weight excluding hydrogens is 388 g/mol. The van der Waals surface area contributed by atoms with Gasteiger partial charge in [-0.25, -0.2) is 0 Å². The van der Waals surface area contributed by atoms with Crippen molar-refractivity contribution in [3.8, 4) is 0 Å². The second kappa shape index (κ2) is 7.19. The number of aliphatic imine (C=N–C) groups is 2. The van der Waals surface area contributed by atoms with Crippen LogP contribution in [0.4, 0.5) is 11.4 Å². The molecule has 0 N–H and O–H groups in total. The maximum absolute atomic E-state index is 4.61. The average Bonchev–Trinajstić information content (AvgIpc) is 3.44. The third-order valence-corrected chi connectivity index (χ3v) is 6.94. The molecule has 0 spiro atoms. The molecule has 0 unspecified atom stereocenters. The Kier molecular flexibility index (Phi) is 4.41. The summed E-state index contributed by atoms with van der Waals surface area (Å²) in [5.41, 5.74) is 1.97. The second-order valence-electron chi connectivity index (χ2n) is 6.01. The van der Waals surface area contributed by atoms with Crippen LogP contribution in [0.3, 0.4) is 0 Å². The van der Waals surface area contributed by atoms with Crippen LogP contribution in [0.2, 0.25) is 0 Å². The van der Waals surface area contributed by atoms with Crippen LogP contribution >= 0.6 is 34.0 Å². The molecule has 27 heavy (non-hydrogen) atoms. The van der Waals surface area contributed by atoms with Crippen molar-refractivity contribution in [2.75, 3.05) is 0 Å². The summed E-state index contributed by atoms with van der Waals surface area (Å²) >= 11 is 5.18. The van der Waals surface area contributed by atoms with Crippen LogP contribution in [0.1, 0.15) is 9.75 Å². The van der Waals surface area contributed by atoms with E-state index >= 15 is 0 Å². The Hall–Kier alpha value is -2.60. The van der Waals surface area contributed by atoms with Crippen LogP contribution in [0.25, 0.3) is 20.2 Å². The van der Waals surface area contributed by atoms with E-state index in [2.05, 4.69) is 69.3 Å². The van der Waals surface area contributed by atoms with Crippen LogP contribution in [-0.2, 0) is 0 Å². The predicted molar refractivity (Wildman–Crippen MR) is 122 cm³/mol. The largest absolute Gasteiger partial charge is 0.255 e. The number of rotatable bonds is 4. The fourth-order valence-electron chi connectivity index (χ4n) is 2.92. The van der Waals surface area contributed by atoms with Crippen LogP contribution in [0.15, 0.2) is 81.4 Å². The zero-order valence-corrected chi connectivity index (χ0v) is 16.7. The summed E-state index contributed by atoms with van der Waals surface area (Å²) in [5.74, 6) is 0. The minimum Gasteiger partial charge on any atom is -0.255 e. The summed E-state index contributed by atoms with van der Waals surface area (Å²) in [6, 6.07) is 21.1. The zero-order chi connectivity index (χ0) is 18.1. The molecule has 0 radical (unpaired) electrons. The number of benzene rings is 2. The van der Waals surface area contributed by atoms with Crippen molar-refractivity contribution in [1.29, 1.82) is 0 Å². The molecule has 0 aliphatic carbocycles. The standard InChI is InChI=1S/C22H14N2S3/c1-3-17(25-9-1)13-23-15-5-7-19-20-8-6-16(12-22(20)27-21(19)11-15)24-14-18-4-2-10-26-18/h1-14H. The van der Waals surface area contributed by atoms with Gasteiger partial charge in [0.2, 0.25) is 0 Å². The summed E-state index contributed by atoms with van der Waals surface area (Å²) in [4.78, 5) is 11.6. The molecule has 3 aromatic heterocycles. The molecule has 5 heteroatoms. The molecule has 0 saturated carbocycles. The Labute approximate surface area is 168 Å². The molecule has 0 saturated heterocycles. The highest BCUT2D eigenvalue weighted by Crippen LogP contribution is 2.37. The second-order valence-corrected chi connectivity index (χ2v) is 9.05. The summed E-state index contributed by atoms with van der Waals surface area (Å²) < 4.78 is 2.51. The topological polar surface area (TPSA) is 24.7 Å². The van der Waals surface area contributed by atoms with Gasteiger partial charge in [-0.3, -0.25) is 9.98 Å². The summed E-state index contributed by atoms with van der Waals surface area (Å²) in [6.07, 6.45) is 3.85. The predicted octanol–water partition coefficient (Wildman–Crippen LogP) is 7.68. The number of hydrogen-bond acceptors (Lipinski definition) is 5. The number of hydrogen-bond donors (Lipinski definition) is 0. The molecule has 130 valence electrons. The fraction of sp³-hybridized carbons (Fsp3) is 0. The van der Waals surface area contributed by atoms with Gasteiger partial charge in [-0.15, -0.1) is 34.0 Å². The first kappa shape index (κ1) is 16.6.